The zero-order valence-corrected chi connectivity index (χ0v) is 19.1. The Hall–Kier alpha value is -1.80. The molecule has 152 valence electrons. The van der Waals surface area contributed by atoms with Crippen LogP contribution in [0, 0.1) is 0 Å². The lowest BCUT2D eigenvalue weighted by Gasteiger charge is -2.27. The van der Waals surface area contributed by atoms with E-state index < -0.39 is 0 Å². The van der Waals surface area contributed by atoms with Crippen LogP contribution in [-0.4, -0.2) is 30.6 Å². The van der Waals surface area contributed by atoms with Crippen molar-refractivity contribution in [3.63, 3.8) is 0 Å². The maximum Gasteiger partial charge on any atom is 0.189 e. The third kappa shape index (κ3) is 5.85. The molecule has 3 N–H and O–H groups in total. The number of hydrogen-bond acceptors (Lipinski definition) is 3. The standard InChI is InChI=1S/C22H30N4O.HI/c1-3-26(4-2)16-18-10-6-5-9-17(18)15-24-22(23)25-20-13-14-27-21-12-8-7-11-19(20)21;/h5-12,20H,3-4,13-16H2,1-2H3,(H3,23,24,25);1H. The van der Waals surface area contributed by atoms with Crippen molar-refractivity contribution in [2.75, 3.05) is 19.7 Å². The van der Waals surface area contributed by atoms with E-state index in [9.17, 15) is 0 Å². The molecule has 1 heterocycles. The van der Waals surface area contributed by atoms with Crippen molar-refractivity contribution in [1.29, 1.82) is 0 Å². The zero-order valence-electron chi connectivity index (χ0n) is 16.7. The number of nitrogens with one attached hydrogen (secondary N) is 1. The summed E-state index contributed by atoms with van der Waals surface area (Å²) >= 11 is 0. The smallest absolute Gasteiger partial charge is 0.189 e. The molecule has 0 bridgehead atoms. The van der Waals surface area contributed by atoms with Gasteiger partial charge in [-0.15, -0.1) is 24.0 Å². The molecule has 1 unspecified atom stereocenters. The van der Waals surface area contributed by atoms with Crippen LogP contribution < -0.4 is 15.8 Å². The van der Waals surface area contributed by atoms with Crippen molar-refractivity contribution in [1.82, 2.24) is 10.2 Å². The number of guanidine groups is 1. The number of nitrogens with zero attached hydrogens (tertiary/aromatic N) is 2. The highest BCUT2D eigenvalue weighted by atomic mass is 127. The first-order valence-corrected chi connectivity index (χ1v) is 9.78. The van der Waals surface area contributed by atoms with Crippen molar-refractivity contribution >= 4 is 29.9 Å². The Morgan fingerprint density at radius 3 is 2.54 bits per heavy atom. The number of fused-ring (bicyclic) bond motifs is 1. The van der Waals surface area contributed by atoms with Crippen LogP contribution in [-0.2, 0) is 13.1 Å². The van der Waals surface area contributed by atoms with Crippen LogP contribution in [0.4, 0.5) is 0 Å². The predicted octanol–water partition coefficient (Wildman–Crippen LogP) is 4.07. The Balaban J connectivity index is 0.00000280. The molecule has 0 saturated carbocycles. The van der Waals surface area contributed by atoms with E-state index in [1.165, 1.54) is 11.1 Å². The van der Waals surface area contributed by atoms with Crippen LogP contribution in [0.3, 0.4) is 0 Å². The van der Waals surface area contributed by atoms with Crippen molar-refractivity contribution in [3.8, 4) is 5.75 Å². The minimum Gasteiger partial charge on any atom is -0.493 e. The number of halogens is 1. The molecule has 0 spiro atoms. The average molecular weight is 494 g/mol. The van der Waals surface area contributed by atoms with Crippen LogP contribution in [0.5, 0.6) is 5.75 Å². The van der Waals surface area contributed by atoms with Gasteiger partial charge in [-0.1, -0.05) is 56.3 Å². The Bertz CT molecular complexity index is 777. The highest BCUT2D eigenvalue weighted by Gasteiger charge is 2.21. The fraction of sp³-hybridized carbons (Fsp3) is 0.409. The first kappa shape index (κ1) is 22.5. The molecule has 28 heavy (non-hydrogen) atoms. The largest absolute Gasteiger partial charge is 0.493 e. The topological polar surface area (TPSA) is 62.9 Å². The molecular weight excluding hydrogens is 463 g/mol. The molecule has 0 amide bonds. The highest BCUT2D eigenvalue weighted by molar-refractivity contribution is 14.0. The lowest BCUT2D eigenvalue weighted by molar-refractivity contribution is 0.262. The van der Waals surface area contributed by atoms with Gasteiger partial charge in [0.15, 0.2) is 5.96 Å². The summed E-state index contributed by atoms with van der Waals surface area (Å²) in [6.45, 7) is 8.69. The number of para-hydroxylation sites is 1. The summed E-state index contributed by atoms with van der Waals surface area (Å²) in [4.78, 5) is 7.01. The van der Waals surface area contributed by atoms with Crippen LogP contribution in [0.1, 0.15) is 43.0 Å². The summed E-state index contributed by atoms with van der Waals surface area (Å²) in [5.74, 6) is 1.41. The number of ether oxygens (including phenoxy) is 1. The van der Waals surface area contributed by atoms with E-state index in [0.717, 1.165) is 37.4 Å². The van der Waals surface area contributed by atoms with Crippen LogP contribution in [0.2, 0.25) is 0 Å². The molecule has 0 aliphatic carbocycles. The number of nitrogens with two attached hydrogens (primary N) is 1. The molecule has 2 aromatic rings. The molecule has 0 fully saturated rings. The van der Waals surface area contributed by atoms with Gasteiger partial charge in [0.05, 0.1) is 19.2 Å². The summed E-state index contributed by atoms with van der Waals surface area (Å²) in [6.07, 6.45) is 0.881. The van der Waals surface area contributed by atoms with Gasteiger partial charge in [-0.25, -0.2) is 4.99 Å². The van der Waals surface area contributed by atoms with Crippen molar-refractivity contribution < 1.29 is 4.74 Å². The van der Waals surface area contributed by atoms with Crippen LogP contribution >= 0.6 is 24.0 Å². The summed E-state index contributed by atoms with van der Waals surface area (Å²) < 4.78 is 5.71. The number of aliphatic imine (C=N–C) groups is 1. The van der Waals surface area contributed by atoms with Crippen LogP contribution in [0.25, 0.3) is 0 Å². The Morgan fingerprint density at radius 2 is 1.79 bits per heavy atom. The first-order valence-electron chi connectivity index (χ1n) is 9.78. The van der Waals surface area contributed by atoms with Gasteiger partial charge in [0.1, 0.15) is 5.75 Å². The maximum atomic E-state index is 6.20. The third-order valence-corrected chi connectivity index (χ3v) is 5.11. The normalized spacial score (nSPS) is 16.1. The lowest BCUT2D eigenvalue weighted by Crippen LogP contribution is -2.37. The number of benzene rings is 2. The molecule has 3 rings (SSSR count). The van der Waals surface area contributed by atoms with Gasteiger partial charge in [-0.2, -0.15) is 0 Å². The van der Waals surface area contributed by atoms with Gasteiger partial charge in [0.2, 0.25) is 0 Å². The Labute approximate surface area is 185 Å². The SMILES string of the molecule is CCN(CC)Cc1ccccc1CN=C(N)NC1CCOc2ccccc21.I. The van der Waals surface area contributed by atoms with Gasteiger partial charge in [-0.05, 0) is 30.3 Å². The summed E-state index contributed by atoms with van der Waals surface area (Å²) in [5, 5.41) is 3.37. The molecule has 1 aliphatic heterocycles. The van der Waals surface area contributed by atoms with Crippen molar-refractivity contribution in [2.45, 2.75) is 39.4 Å². The van der Waals surface area contributed by atoms with Gasteiger partial charge >= 0.3 is 0 Å². The molecule has 0 saturated heterocycles. The monoisotopic (exact) mass is 494 g/mol. The summed E-state index contributed by atoms with van der Waals surface area (Å²) in [7, 11) is 0. The van der Waals surface area contributed by atoms with E-state index >= 15 is 0 Å². The molecule has 6 heteroatoms. The average Bonchev–Trinajstić information content (AvgIpc) is 2.71. The molecule has 5 nitrogen and oxygen atoms in total. The Morgan fingerprint density at radius 1 is 1.11 bits per heavy atom. The zero-order chi connectivity index (χ0) is 19.1. The number of rotatable bonds is 7. The lowest BCUT2D eigenvalue weighted by atomic mass is 10.0. The van der Waals surface area contributed by atoms with E-state index in [4.69, 9.17) is 10.5 Å². The minimum atomic E-state index is 0. The van der Waals surface area contributed by atoms with E-state index in [0.29, 0.717) is 19.1 Å². The number of hydrogen-bond donors (Lipinski definition) is 2. The van der Waals surface area contributed by atoms with Gasteiger partial charge in [0.25, 0.3) is 0 Å². The van der Waals surface area contributed by atoms with Crippen LogP contribution in [0.15, 0.2) is 53.5 Å². The summed E-state index contributed by atoms with van der Waals surface area (Å²) in [5.41, 5.74) is 9.88. The maximum absolute atomic E-state index is 6.20. The second kappa shape index (κ2) is 11.3. The van der Waals surface area contributed by atoms with Crippen molar-refractivity contribution in [2.24, 2.45) is 10.7 Å². The fourth-order valence-electron chi connectivity index (χ4n) is 3.44. The minimum absolute atomic E-state index is 0. The molecule has 1 atom stereocenters. The highest BCUT2D eigenvalue weighted by Crippen LogP contribution is 2.31. The quantitative estimate of drug-likeness (QED) is 0.346. The van der Waals surface area contributed by atoms with Gasteiger partial charge in [-0.3, -0.25) is 4.90 Å². The van der Waals surface area contributed by atoms with E-state index in [2.05, 4.69) is 59.4 Å². The molecule has 2 aromatic carbocycles. The van der Waals surface area contributed by atoms with E-state index in [1.807, 2.05) is 18.2 Å². The van der Waals surface area contributed by atoms with E-state index in [1.54, 1.807) is 0 Å². The second-order valence-corrected chi connectivity index (χ2v) is 6.80. The first-order chi connectivity index (χ1) is 13.2. The predicted molar refractivity (Wildman–Crippen MR) is 126 cm³/mol. The molecular formula is C22H31IN4O. The third-order valence-electron chi connectivity index (χ3n) is 5.11. The molecule has 1 aliphatic rings. The van der Waals surface area contributed by atoms with E-state index in [-0.39, 0.29) is 30.0 Å². The second-order valence-electron chi connectivity index (χ2n) is 6.80. The van der Waals surface area contributed by atoms with Gasteiger partial charge in [0, 0.05) is 18.5 Å². The molecule has 0 aromatic heterocycles. The molecule has 0 radical (unpaired) electrons. The van der Waals surface area contributed by atoms with Crippen molar-refractivity contribution in [3.05, 3.63) is 65.2 Å². The van der Waals surface area contributed by atoms with Gasteiger partial charge < -0.3 is 15.8 Å². The summed E-state index contributed by atoms with van der Waals surface area (Å²) in [6, 6.07) is 16.7. The fourth-order valence-corrected chi connectivity index (χ4v) is 3.44. The Kier molecular flexibility index (Phi) is 9.05.